The molecule has 2 atom stereocenters. The number of hydrogen-bond donors (Lipinski definition) is 3. The van der Waals surface area contributed by atoms with Crippen molar-refractivity contribution < 1.29 is 24.2 Å². The van der Waals surface area contributed by atoms with Crippen molar-refractivity contribution in [2.24, 2.45) is 5.92 Å². The standard InChI is InChI=1S/C28H32N2O5/c31-25(30-28(26(32)33)15-8-16-28)22-13-2-1-3-14-24(22)29-27(34)35-17-23-20-11-6-4-9-18(20)19-10-5-7-12-21(19)23/h4-7,9-12,22-24H,1-3,8,13-17H2,(H,29,34)(H,30,31)(H,32,33)/t22-,24+/m1/s1. The van der Waals surface area contributed by atoms with E-state index in [1.54, 1.807) is 0 Å². The van der Waals surface area contributed by atoms with Gasteiger partial charge in [0.25, 0.3) is 0 Å². The lowest BCUT2D eigenvalue weighted by Gasteiger charge is -2.39. The largest absolute Gasteiger partial charge is 0.480 e. The fraction of sp³-hybridized carbons (Fsp3) is 0.464. The summed E-state index contributed by atoms with van der Waals surface area (Å²) >= 11 is 0. The van der Waals surface area contributed by atoms with Gasteiger partial charge in [0.2, 0.25) is 5.91 Å². The summed E-state index contributed by atoms with van der Waals surface area (Å²) in [6, 6.07) is 16.0. The highest BCUT2D eigenvalue weighted by Crippen LogP contribution is 2.44. The number of alkyl carbamates (subject to hydrolysis) is 1. The maximum Gasteiger partial charge on any atom is 0.407 e. The molecule has 2 fully saturated rings. The number of ether oxygens (including phenoxy) is 1. The second-order valence-corrected chi connectivity index (χ2v) is 10.1. The Balaban J connectivity index is 1.24. The molecule has 0 saturated heterocycles. The van der Waals surface area contributed by atoms with Crippen LogP contribution in [0.4, 0.5) is 4.79 Å². The van der Waals surface area contributed by atoms with Crippen molar-refractivity contribution in [1.29, 1.82) is 0 Å². The van der Waals surface area contributed by atoms with Gasteiger partial charge in [-0.2, -0.15) is 0 Å². The van der Waals surface area contributed by atoms with E-state index in [1.165, 1.54) is 11.1 Å². The topological polar surface area (TPSA) is 105 Å². The molecule has 0 radical (unpaired) electrons. The Labute approximate surface area is 205 Å². The Morgan fingerprint density at radius 2 is 1.51 bits per heavy atom. The van der Waals surface area contributed by atoms with Crippen molar-refractivity contribution >= 4 is 18.0 Å². The number of carbonyl (C=O) groups excluding carboxylic acids is 2. The summed E-state index contributed by atoms with van der Waals surface area (Å²) < 4.78 is 5.71. The normalized spacial score (nSPS) is 22.6. The number of carboxylic acids is 1. The number of benzene rings is 2. The van der Waals surface area contributed by atoms with Crippen LogP contribution in [0.5, 0.6) is 0 Å². The van der Waals surface area contributed by atoms with Gasteiger partial charge in [-0.1, -0.05) is 67.8 Å². The van der Waals surface area contributed by atoms with Crippen LogP contribution in [0.25, 0.3) is 11.1 Å². The predicted octanol–water partition coefficient (Wildman–Crippen LogP) is 4.60. The summed E-state index contributed by atoms with van der Waals surface area (Å²) in [5.74, 6) is -1.75. The predicted molar refractivity (Wildman–Crippen MR) is 131 cm³/mol. The molecule has 0 spiro atoms. The number of nitrogens with one attached hydrogen (secondary N) is 2. The zero-order chi connectivity index (χ0) is 24.4. The van der Waals surface area contributed by atoms with E-state index in [-0.39, 0.29) is 24.5 Å². The molecule has 35 heavy (non-hydrogen) atoms. The lowest BCUT2D eigenvalue weighted by atomic mass is 9.76. The average Bonchev–Trinajstić information content (AvgIpc) is 2.96. The number of fused-ring (bicyclic) bond motifs is 3. The summed E-state index contributed by atoms with van der Waals surface area (Å²) in [7, 11) is 0. The van der Waals surface area contributed by atoms with Gasteiger partial charge in [-0.3, -0.25) is 4.79 Å². The lowest BCUT2D eigenvalue weighted by Crippen LogP contribution is -2.61. The molecule has 7 nitrogen and oxygen atoms in total. The SMILES string of the molecule is O=C(N[C@H]1CCCCC[C@H]1C(=O)NC1(C(=O)O)CCC1)OCC1c2ccccc2-c2ccccc21. The van der Waals surface area contributed by atoms with Crippen LogP contribution in [-0.4, -0.2) is 41.3 Å². The number of aliphatic carboxylic acids is 1. The van der Waals surface area contributed by atoms with E-state index in [4.69, 9.17) is 4.74 Å². The summed E-state index contributed by atoms with van der Waals surface area (Å²) in [4.78, 5) is 37.7. The molecule has 2 aromatic carbocycles. The van der Waals surface area contributed by atoms with E-state index in [0.717, 1.165) is 36.8 Å². The number of rotatable bonds is 6. The Kier molecular flexibility index (Phi) is 6.50. The van der Waals surface area contributed by atoms with Crippen molar-refractivity contribution in [3.8, 4) is 11.1 Å². The Morgan fingerprint density at radius 3 is 2.11 bits per heavy atom. The summed E-state index contributed by atoms with van der Waals surface area (Å²) in [5.41, 5.74) is 3.47. The molecule has 5 rings (SSSR count). The third-order valence-electron chi connectivity index (χ3n) is 7.98. The molecule has 3 aliphatic carbocycles. The minimum absolute atomic E-state index is 0.0320. The maximum atomic E-state index is 13.1. The van der Waals surface area contributed by atoms with Gasteiger partial charge in [0.15, 0.2) is 0 Å². The van der Waals surface area contributed by atoms with E-state index in [9.17, 15) is 19.5 Å². The molecule has 0 unspecified atom stereocenters. The van der Waals surface area contributed by atoms with Crippen molar-refractivity contribution in [1.82, 2.24) is 10.6 Å². The van der Waals surface area contributed by atoms with Crippen LogP contribution < -0.4 is 10.6 Å². The number of hydrogen-bond acceptors (Lipinski definition) is 4. The van der Waals surface area contributed by atoms with Gasteiger partial charge >= 0.3 is 12.1 Å². The van der Waals surface area contributed by atoms with Crippen LogP contribution in [0.2, 0.25) is 0 Å². The molecule has 0 aliphatic heterocycles. The minimum Gasteiger partial charge on any atom is -0.480 e. The molecule has 2 saturated carbocycles. The lowest BCUT2D eigenvalue weighted by molar-refractivity contribution is -0.152. The monoisotopic (exact) mass is 476 g/mol. The highest BCUT2D eigenvalue weighted by molar-refractivity contribution is 5.89. The van der Waals surface area contributed by atoms with E-state index in [1.807, 2.05) is 24.3 Å². The Hall–Kier alpha value is -3.35. The van der Waals surface area contributed by atoms with E-state index in [0.29, 0.717) is 25.7 Å². The van der Waals surface area contributed by atoms with E-state index < -0.39 is 23.5 Å². The van der Waals surface area contributed by atoms with Crippen LogP contribution in [0.15, 0.2) is 48.5 Å². The highest BCUT2D eigenvalue weighted by Gasteiger charge is 2.47. The van der Waals surface area contributed by atoms with Gasteiger partial charge < -0.3 is 20.5 Å². The van der Waals surface area contributed by atoms with Crippen molar-refractivity contribution in [3.63, 3.8) is 0 Å². The second kappa shape index (κ2) is 9.72. The van der Waals surface area contributed by atoms with Crippen LogP contribution in [0, 0.1) is 5.92 Å². The number of amides is 2. The van der Waals surface area contributed by atoms with E-state index >= 15 is 0 Å². The van der Waals surface area contributed by atoms with Crippen LogP contribution >= 0.6 is 0 Å². The van der Waals surface area contributed by atoms with Gasteiger partial charge in [0.05, 0.1) is 5.92 Å². The van der Waals surface area contributed by atoms with Gasteiger partial charge in [0.1, 0.15) is 12.1 Å². The van der Waals surface area contributed by atoms with Crippen LogP contribution in [0.1, 0.15) is 68.4 Å². The number of carboxylic acid groups (broad SMARTS) is 1. The summed E-state index contributed by atoms with van der Waals surface area (Å²) in [6.45, 7) is 0.214. The van der Waals surface area contributed by atoms with Crippen LogP contribution in [-0.2, 0) is 14.3 Å². The van der Waals surface area contributed by atoms with Crippen molar-refractivity contribution in [3.05, 3.63) is 59.7 Å². The van der Waals surface area contributed by atoms with Gasteiger partial charge in [-0.15, -0.1) is 0 Å². The molecule has 3 aliphatic rings. The number of carbonyl (C=O) groups is 3. The summed E-state index contributed by atoms with van der Waals surface area (Å²) in [5, 5.41) is 15.3. The Bertz CT molecular complexity index is 1080. The highest BCUT2D eigenvalue weighted by atomic mass is 16.5. The van der Waals surface area contributed by atoms with Crippen LogP contribution in [0.3, 0.4) is 0 Å². The van der Waals surface area contributed by atoms with Crippen molar-refractivity contribution in [2.45, 2.75) is 68.9 Å². The Morgan fingerprint density at radius 1 is 0.886 bits per heavy atom. The van der Waals surface area contributed by atoms with Gasteiger partial charge in [0, 0.05) is 12.0 Å². The van der Waals surface area contributed by atoms with Gasteiger partial charge in [-0.05, 0) is 54.4 Å². The first-order valence-electron chi connectivity index (χ1n) is 12.7. The molecule has 3 N–H and O–H groups in total. The quantitative estimate of drug-likeness (QED) is 0.529. The molecule has 184 valence electrons. The third kappa shape index (κ3) is 4.51. The second-order valence-electron chi connectivity index (χ2n) is 10.1. The molecule has 0 bridgehead atoms. The molecule has 0 aromatic heterocycles. The minimum atomic E-state index is -1.16. The smallest absolute Gasteiger partial charge is 0.407 e. The molecular weight excluding hydrogens is 444 g/mol. The molecular formula is C28H32N2O5. The van der Waals surface area contributed by atoms with Gasteiger partial charge in [-0.25, -0.2) is 9.59 Å². The molecule has 2 aromatic rings. The fourth-order valence-corrected chi connectivity index (χ4v) is 5.84. The first-order valence-corrected chi connectivity index (χ1v) is 12.7. The average molecular weight is 477 g/mol. The zero-order valence-electron chi connectivity index (χ0n) is 19.8. The van der Waals surface area contributed by atoms with Crippen molar-refractivity contribution in [2.75, 3.05) is 6.61 Å². The molecule has 2 amide bonds. The first kappa shape index (κ1) is 23.4. The fourth-order valence-electron chi connectivity index (χ4n) is 5.84. The zero-order valence-corrected chi connectivity index (χ0v) is 19.8. The summed E-state index contributed by atoms with van der Waals surface area (Å²) in [6.07, 6.45) is 5.21. The maximum absolute atomic E-state index is 13.1. The molecule has 7 heteroatoms. The third-order valence-corrected chi connectivity index (χ3v) is 7.98. The first-order chi connectivity index (χ1) is 17.0. The molecule has 0 heterocycles. The van der Waals surface area contributed by atoms with E-state index in [2.05, 4.69) is 34.9 Å².